The predicted molar refractivity (Wildman–Crippen MR) is 207 cm³/mol. The van der Waals surface area contributed by atoms with Gasteiger partial charge in [0.25, 0.3) is 7.82 Å². The number of likely N-dealkylation sites (N-methyl/N-ethyl adjacent to an activating group) is 1. The summed E-state index contributed by atoms with van der Waals surface area (Å²) >= 11 is 0. The molecule has 0 aromatic rings. The van der Waals surface area contributed by atoms with E-state index >= 15 is 0 Å². The summed E-state index contributed by atoms with van der Waals surface area (Å²) in [6.07, 6.45) is 16.7. The van der Waals surface area contributed by atoms with Crippen LogP contribution in [0.15, 0.2) is 24.3 Å². The van der Waals surface area contributed by atoms with Crippen molar-refractivity contribution in [3.05, 3.63) is 24.3 Å². The molecule has 0 aliphatic heterocycles. The molecule has 0 radical (unpaired) electrons. The van der Waals surface area contributed by atoms with E-state index in [1.165, 1.54) is 0 Å². The molecule has 54 heavy (non-hydrogen) atoms. The lowest BCUT2D eigenvalue weighted by Crippen LogP contribution is -2.37. The molecule has 0 saturated heterocycles. The molecule has 0 bridgehead atoms. The highest BCUT2D eigenvalue weighted by Crippen LogP contribution is 2.38. The molecule has 2 atom stereocenters. The first-order valence-electron chi connectivity index (χ1n) is 19.9. The Morgan fingerprint density at radius 2 is 0.944 bits per heavy atom. The number of phosphoric acid groups is 1. The summed E-state index contributed by atoms with van der Waals surface area (Å²) in [5.41, 5.74) is 0.822. The number of esters is 4. The van der Waals surface area contributed by atoms with Crippen LogP contribution in [0, 0.1) is 0 Å². The van der Waals surface area contributed by atoms with Gasteiger partial charge < -0.3 is 37.4 Å². The minimum atomic E-state index is -4.66. The summed E-state index contributed by atoms with van der Waals surface area (Å²) in [6, 6.07) is 0. The standard InChI is InChI=1S/C40H72NO12P/c1-34(2)39(44)48-29-24-20-16-12-8-10-14-18-22-26-37(42)50-32-36(33-52-54(46,47)51-31-28-41(5,6)7)53-38(43)27-23-19-15-11-9-13-17-21-25-30-49-40(45)35(3)4/h36H,1,3,8-33H2,2,4-7H3. The van der Waals surface area contributed by atoms with Crippen molar-refractivity contribution in [2.24, 2.45) is 0 Å². The van der Waals surface area contributed by atoms with E-state index in [-0.39, 0.29) is 38.0 Å². The smallest absolute Gasteiger partial charge is 0.333 e. The molecule has 14 heteroatoms. The van der Waals surface area contributed by atoms with Gasteiger partial charge in [-0.05, 0) is 39.5 Å². The van der Waals surface area contributed by atoms with E-state index < -0.39 is 32.5 Å². The van der Waals surface area contributed by atoms with Crippen LogP contribution in [0.1, 0.15) is 142 Å². The third-order valence-electron chi connectivity index (χ3n) is 8.37. The number of unbranched alkanes of at least 4 members (excludes halogenated alkanes) is 16. The van der Waals surface area contributed by atoms with E-state index in [9.17, 15) is 28.6 Å². The molecule has 0 rings (SSSR count). The first-order valence-corrected chi connectivity index (χ1v) is 21.4. The highest BCUT2D eigenvalue weighted by Gasteiger charge is 2.21. The van der Waals surface area contributed by atoms with Gasteiger partial charge in [0.2, 0.25) is 0 Å². The molecule has 2 unspecified atom stereocenters. The zero-order valence-corrected chi connectivity index (χ0v) is 35.1. The molecule has 0 fully saturated rings. The first-order chi connectivity index (χ1) is 25.5. The second-order valence-corrected chi connectivity index (χ2v) is 16.5. The first kappa shape index (κ1) is 51.4. The van der Waals surface area contributed by atoms with E-state index in [1.54, 1.807) is 13.8 Å². The fraction of sp³-hybridized carbons (Fsp3) is 0.800. The summed E-state index contributed by atoms with van der Waals surface area (Å²) in [7, 11) is 1.05. The van der Waals surface area contributed by atoms with Gasteiger partial charge in [-0.15, -0.1) is 0 Å². The summed E-state index contributed by atoms with van der Waals surface area (Å²) in [4.78, 5) is 60.1. The van der Waals surface area contributed by atoms with Crippen molar-refractivity contribution in [1.82, 2.24) is 0 Å². The van der Waals surface area contributed by atoms with E-state index in [2.05, 4.69) is 13.2 Å². The van der Waals surface area contributed by atoms with Crippen molar-refractivity contribution in [2.75, 3.05) is 60.7 Å². The second kappa shape index (κ2) is 31.6. The number of quaternary nitrogens is 1. The van der Waals surface area contributed by atoms with Crippen LogP contribution < -0.4 is 4.89 Å². The molecule has 13 nitrogen and oxygen atoms in total. The molecule has 0 saturated carbocycles. The lowest BCUT2D eigenvalue weighted by molar-refractivity contribution is -0.870. The predicted octanol–water partition coefficient (Wildman–Crippen LogP) is 7.69. The minimum Gasteiger partial charge on any atom is -0.756 e. The van der Waals surface area contributed by atoms with E-state index in [4.69, 9.17) is 28.0 Å². The fourth-order valence-electron chi connectivity index (χ4n) is 5.05. The Balaban J connectivity index is 4.39. The van der Waals surface area contributed by atoms with Gasteiger partial charge in [0.15, 0.2) is 6.10 Å². The van der Waals surface area contributed by atoms with Crippen molar-refractivity contribution in [1.29, 1.82) is 0 Å². The van der Waals surface area contributed by atoms with Gasteiger partial charge in [-0.2, -0.15) is 0 Å². The topological polar surface area (TPSA) is 164 Å². The lowest BCUT2D eigenvalue weighted by Gasteiger charge is -2.28. The number of rotatable bonds is 36. The Morgan fingerprint density at radius 3 is 1.35 bits per heavy atom. The monoisotopic (exact) mass is 789 g/mol. The minimum absolute atomic E-state index is 0.0640. The normalized spacial score (nSPS) is 13.1. The molecule has 0 N–H and O–H groups in total. The van der Waals surface area contributed by atoms with Crippen LogP contribution in [-0.2, 0) is 51.7 Å². The van der Waals surface area contributed by atoms with Crippen molar-refractivity contribution in [3.63, 3.8) is 0 Å². The van der Waals surface area contributed by atoms with Crippen LogP contribution in [-0.4, -0.2) is 95.2 Å². The quantitative estimate of drug-likeness (QED) is 0.0152. The molecule has 0 amide bonds. The van der Waals surface area contributed by atoms with Crippen LogP contribution in [0.4, 0.5) is 0 Å². The number of nitrogens with zero attached hydrogens (tertiary/aromatic N) is 1. The van der Waals surface area contributed by atoms with Crippen LogP contribution in [0.2, 0.25) is 0 Å². The Morgan fingerprint density at radius 1 is 0.556 bits per heavy atom. The zero-order chi connectivity index (χ0) is 40.7. The summed E-state index contributed by atoms with van der Waals surface area (Å²) in [5, 5.41) is 0. The molecular weight excluding hydrogens is 717 g/mol. The van der Waals surface area contributed by atoms with Crippen LogP contribution in [0.25, 0.3) is 0 Å². The number of carbonyl (C=O) groups excluding carboxylic acids is 4. The highest BCUT2D eigenvalue weighted by molar-refractivity contribution is 7.45. The third-order valence-corrected chi connectivity index (χ3v) is 9.34. The average Bonchev–Trinajstić information content (AvgIpc) is 3.09. The van der Waals surface area contributed by atoms with E-state index in [0.717, 1.165) is 103 Å². The highest BCUT2D eigenvalue weighted by atomic mass is 31.2. The van der Waals surface area contributed by atoms with E-state index in [1.807, 2.05) is 21.1 Å². The molecule has 0 aromatic heterocycles. The summed E-state index contributed by atoms with van der Waals surface area (Å²) in [6.45, 7) is 10.8. The molecule has 0 aliphatic carbocycles. The number of carbonyl (C=O) groups is 4. The number of phosphoric ester groups is 1. The largest absolute Gasteiger partial charge is 0.756 e. The van der Waals surface area contributed by atoms with Gasteiger partial charge in [-0.3, -0.25) is 14.2 Å². The fourth-order valence-corrected chi connectivity index (χ4v) is 5.78. The number of hydrogen-bond donors (Lipinski definition) is 0. The number of ether oxygens (including phenoxy) is 4. The molecule has 0 aliphatic rings. The third kappa shape index (κ3) is 34.0. The molecule has 0 aromatic carbocycles. The lowest BCUT2D eigenvalue weighted by atomic mass is 10.1. The van der Waals surface area contributed by atoms with Gasteiger partial charge in [0.1, 0.15) is 19.8 Å². The molecule has 314 valence electrons. The van der Waals surface area contributed by atoms with Gasteiger partial charge in [-0.25, -0.2) is 9.59 Å². The van der Waals surface area contributed by atoms with Crippen LogP contribution in [0.5, 0.6) is 0 Å². The molecular formula is C40H72NO12P. The Hall–Kier alpha value is -2.57. The van der Waals surface area contributed by atoms with Crippen molar-refractivity contribution in [3.8, 4) is 0 Å². The van der Waals surface area contributed by atoms with Crippen molar-refractivity contribution >= 4 is 31.7 Å². The zero-order valence-electron chi connectivity index (χ0n) is 34.2. The molecule has 0 heterocycles. The summed E-state index contributed by atoms with van der Waals surface area (Å²) in [5.74, 6) is -1.64. The summed E-state index contributed by atoms with van der Waals surface area (Å²) < 4.78 is 43.8. The maximum atomic E-state index is 12.6. The van der Waals surface area contributed by atoms with Gasteiger partial charge in [0, 0.05) is 24.0 Å². The average molecular weight is 790 g/mol. The van der Waals surface area contributed by atoms with Crippen molar-refractivity contribution in [2.45, 2.75) is 148 Å². The van der Waals surface area contributed by atoms with Gasteiger partial charge in [-0.1, -0.05) is 103 Å². The Bertz CT molecular complexity index is 1140. The van der Waals surface area contributed by atoms with Gasteiger partial charge >= 0.3 is 23.9 Å². The Kier molecular flexibility index (Phi) is 30.1. The Labute approximate surface area is 325 Å². The maximum absolute atomic E-state index is 12.6. The second-order valence-electron chi connectivity index (χ2n) is 15.1. The molecule has 0 spiro atoms. The van der Waals surface area contributed by atoms with E-state index in [0.29, 0.717) is 48.2 Å². The van der Waals surface area contributed by atoms with Crippen molar-refractivity contribution < 1.29 is 61.1 Å². The maximum Gasteiger partial charge on any atom is 0.333 e. The van der Waals surface area contributed by atoms with Crippen LogP contribution in [0.3, 0.4) is 0 Å². The van der Waals surface area contributed by atoms with Crippen LogP contribution >= 0.6 is 7.82 Å². The number of hydrogen-bond acceptors (Lipinski definition) is 12. The SMILES string of the molecule is C=C(C)C(=O)OCCCCCCCCCCCC(=O)OCC(COP(=O)([O-])OCC[N+](C)(C)C)OC(=O)CCCCCCCCCCCOC(=O)C(=C)C. The van der Waals surface area contributed by atoms with Gasteiger partial charge in [0.05, 0.1) is 41.0 Å².